The molecule has 176 valence electrons. The maximum atomic E-state index is 13.4. The lowest BCUT2D eigenvalue weighted by atomic mass is 10.2. The Morgan fingerprint density at radius 1 is 1.15 bits per heavy atom. The molecular formula is C24H28Cl2N4O3. The minimum atomic E-state index is -0.404. The second kappa shape index (κ2) is 11.3. The number of rotatable bonds is 9. The molecule has 0 saturated heterocycles. The Bertz CT molecular complexity index is 1080. The minimum absolute atomic E-state index is 0.0861. The summed E-state index contributed by atoms with van der Waals surface area (Å²) in [5, 5.41) is 3.60. The Morgan fingerprint density at radius 2 is 1.94 bits per heavy atom. The van der Waals surface area contributed by atoms with E-state index in [1.807, 2.05) is 49.9 Å². The van der Waals surface area contributed by atoms with Gasteiger partial charge in [0.15, 0.2) is 0 Å². The Morgan fingerprint density at radius 3 is 2.55 bits per heavy atom. The fourth-order valence-corrected chi connectivity index (χ4v) is 3.81. The highest BCUT2D eigenvalue weighted by Crippen LogP contribution is 2.26. The molecule has 0 bridgehead atoms. The predicted molar refractivity (Wildman–Crippen MR) is 130 cm³/mol. The zero-order chi connectivity index (χ0) is 24.0. The standard InChI is InChI=1S/C24H28Cl2N4O3/c1-4-17(2)30(24(32)27-22-10-9-18(25)13-21(22)26)16-23(31)29(15-20-8-6-12-33-20)14-19-7-5-11-28(19)3/h5-13,17H,4,14-16H2,1-3H3,(H,27,32). The van der Waals surface area contributed by atoms with Gasteiger partial charge < -0.3 is 24.1 Å². The molecule has 3 aromatic rings. The molecule has 1 atom stereocenters. The van der Waals surface area contributed by atoms with E-state index < -0.39 is 6.03 Å². The van der Waals surface area contributed by atoms with Gasteiger partial charge in [0.2, 0.25) is 5.91 Å². The van der Waals surface area contributed by atoms with Crippen molar-refractivity contribution in [3.63, 3.8) is 0 Å². The molecule has 0 aliphatic rings. The number of amides is 3. The highest BCUT2D eigenvalue weighted by Gasteiger charge is 2.26. The number of hydrogen-bond acceptors (Lipinski definition) is 3. The Labute approximate surface area is 203 Å². The summed E-state index contributed by atoms with van der Waals surface area (Å²) in [6.07, 6.45) is 4.19. The summed E-state index contributed by atoms with van der Waals surface area (Å²) in [6.45, 7) is 4.48. The monoisotopic (exact) mass is 490 g/mol. The summed E-state index contributed by atoms with van der Waals surface area (Å²) in [5.41, 5.74) is 1.41. The number of carbonyl (C=O) groups is 2. The summed E-state index contributed by atoms with van der Waals surface area (Å²) in [4.78, 5) is 29.8. The van der Waals surface area contributed by atoms with E-state index >= 15 is 0 Å². The molecule has 2 heterocycles. The van der Waals surface area contributed by atoms with Gasteiger partial charge in [-0.1, -0.05) is 30.1 Å². The number of aryl methyl sites for hydroxylation is 1. The molecule has 7 nitrogen and oxygen atoms in total. The van der Waals surface area contributed by atoms with E-state index in [2.05, 4.69) is 5.32 Å². The Balaban J connectivity index is 1.79. The van der Waals surface area contributed by atoms with Crippen LogP contribution in [0.15, 0.2) is 59.3 Å². The van der Waals surface area contributed by atoms with Gasteiger partial charge in [0.25, 0.3) is 0 Å². The van der Waals surface area contributed by atoms with E-state index in [9.17, 15) is 9.59 Å². The number of benzene rings is 1. The highest BCUT2D eigenvalue weighted by atomic mass is 35.5. The van der Waals surface area contributed by atoms with Crippen molar-refractivity contribution in [1.29, 1.82) is 0 Å². The lowest BCUT2D eigenvalue weighted by molar-refractivity contribution is -0.133. The molecule has 0 spiro atoms. The summed E-state index contributed by atoms with van der Waals surface area (Å²) in [7, 11) is 1.93. The molecular weight excluding hydrogens is 463 g/mol. The van der Waals surface area contributed by atoms with Crippen molar-refractivity contribution in [2.45, 2.75) is 39.4 Å². The first kappa shape index (κ1) is 24.7. The third kappa shape index (κ3) is 6.55. The zero-order valence-corrected chi connectivity index (χ0v) is 20.4. The van der Waals surface area contributed by atoms with Crippen LogP contribution in [-0.4, -0.2) is 38.9 Å². The van der Waals surface area contributed by atoms with Gasteiger partial charge in [-0.15, -0.1) is 0 Å². The smallest absolute Gasteiger partial charge is 0.322 e. The topological polar surface area (TPSA) is 70.7 Å². The largest absolute Gasteiger partial charge is 0.467 e. The van der Waals surface area contributed by atoms with Crippen LogP contribution >= 0.6 is 23.2 Å². The summed E-state index contributed by atoms with van der Waals surface area (Å²) in [5.74, 6) is 0.482. The number of anilines is 1. The van der Waals surface area contributed by atoms with Crippen LogP contribution < -0.4 is 5.32 Å². The SMILES string of the molecule is CCC(C)N(CC(=O)N(Cc1ccco1)Cc1cccn1C)C(=O)Nc1ccc(Cl)cc1Cl. The number of furan rings is 1. The summed E-state index contributed by atoms with van der Waals surface area (Å²) < 4.78 is 7.43. The lowest BCUT2D eigenvalue weighted by Crippen LogP contribution is -2.48. The third-order valence-electron chi connectivity index (χ3n) is 5.55. The van der Waals surface area contributed by atoms with Crippen LogP contribution in [-0.2, 0) is 24.9 Å². The fraction of sp³-hybridized carbons (Fsp3) is 0.333. The van der Waals surface area contributed by atoms with Crippen molar-refractivity contribution < 1.29 is 14.0 Å². The maximum absolute atomic E-state index is 13.4. The van der Waals surface area contributed by atoms with Gasteiger partial charge in [-0.3, -0.25) is 4.79 Å². The van der Waals surface area contributed by atoms with Gasteiger partial charge in [-0.25, -0.2) is 4.79 Å². The highest BCUT2D eigenvalue weighted by molar-refractivity contribution is 6.36. The van der Waals surface area contributed by atoms with Crippen LogP contribution in [0.25, 0.3) is 0 Å². The van der Waals surface area contributed by atoms with Crippen molar-refractivity contribution in [2.75, 3.05) is 11.9 Å². The third-order valence-corrected chi connectivity index (χ3v) is 6.09. The van der Waals surface area contributed by atoms with E-state index in [0.717, 1.165) is 5.69 Å². The number of halogens is 2. The van der Waals surface area contributed by atoms with Gasteiger partial charge in [-0.05, 0) is 55.8 Å². The van der Waals surface area contributed by atoms with Crippen LogP contribution in [0.3, 0.4) is 0 Å². The number of nitrogens with zero attached hydrogens (tertiary/aromatic N) is 3. The zero-order valence-electron chi connectivity index (χ0n) is 18.9. The molecule has 0 radical (unpaired) electrons. The minimum Gasteiger partial charge on any atom is -0.467 e. The fourth-order valence-electron chi connectivity index (χ4n) is 3.35. The van der Waals surface area contributed by atoms with Crippen molar-refractivity contribution in [3.8, 4) is 0 Å². The molecule has 9 heteroatoms. The van der Waals surface area contributed by atoms with Crippen LogP contribution in [0.2, 0.25) is 10.0 Å². The quantitative estimate of drug-likeness (QED) is 0.412. The van der Waals surface area contributed by atoms with Crippen molar-refractivity contribution in [1.82, 2.24) is 14.4 Å². The van der Waals surface area contributed by atoms with Gasteiger partial charge in [-0.2, -0.15) is 0 Å². The van der Waals surface area contributed by atoms with E-state index in [-0.39, 0.29) is 18.5 Å². The number of urea groups is 1. The number of hydrogen-bond donors (Lipinski definition) is 1. The molecule has 1 unspecified atom stereocenters. The molecule has 1 N–H and O–H groups in total. The molecule has 2 aromatic heterocycles. The average molecular weight is 491 g/mol. The lowest BCUT2D eigenvalue weighted by Gasteiger charge is -2.31. The average Bonchev–Trinajstić information content (AvgIpc) is 3.44. The predicted octanol–water partition coefficient (Wildman–Crippen LogP) is 5.79. The number of nitrogens with one attached hydrogen (secondary N) is 1. The van der Waals surface area contributed by atoms with E-state index in [0.29, 0.717) is 41.0 Å². The molecule has 1 aromatic carbocycles. The maximum Gasteiger partial charge on any atom is 0.322 e. The number of carbonyl (C=O) groups excluding carboxylic acids is 2. The molecule has 3 rings (SSSR count). The molecule has 0 aliphatic carbocycles. The summed E-state index contributed by atoms with van der Waals surface area (Å²) >= 11 is 12.2. The molecule has 33 heavy (non-hydrogen) atoms. The first-order valence-electron chi connectivity index (χ1n) is 10.7. The molecule has 0 fully saturated rings. The van der Waals surface area contributed by atoms with Gasteiger partial charge in [0.1, 0.15) is 12.3 Å². The van der Waals surface area contributed by atoms with E-state index in [4.69, 9.17) is 27.6 Å². The van der Waals surface area contributed by atoms with Crippen LogP contribution in [0, 0.1) is 0 Å². The summed E-state index contributed by atoms with van der Waals surface area (Å²) in [6, 6.07) is 11.8. The molecule has 0 saturated carbocycles. The second-order valence-electron chi connectivity index (χ2n) is 7.88. The molecule has 3 amide bonds. The molecule has 0 aliphatic heterocycles. The van der Waals surface area contributed by atoms with Crippen molar-refractivity contribution in [2.24, 2.45) is 7.05 Å². The van der Waals surface area contributed by atoms with Gasteiger partial charge in [0, 0.05) is 30.0 Å². The van der Waals surface area contributed by atoms with E-state index in [1.54, 1.807) is 35.4 Å². The first-order valence-corrected chi connectivity index (χ1v) is 11.5. The normalized spacial score (nSPS) is 11.8. The second-order valence-corrected chi connectivity index (χ2v) is 8.72. The Kier molecular flexibility index (Phi) is 8.47. The first-order chi connectivity index (χ1) is 15.8. The Hall–Kier alpha value is -2.90. The van der Waals surface area contributed by atoms with E-state index in [1.165, 1.54) is 4.90 Å². The van der Waals surface area contributed by atoms with Crippen LogP contribution in [0.4, 0.5) is 10.5 Å². The van der Waals surface area contributed by atoms with Crippen LogP contribution in [0.1, 0.15) is 31.7 Å². The number of aromatic nitrogens is 1. The van der Waals surface area contributed by atoms with Crippen molar-refractivity contribution >= 4 is 40.8 Å². The van der Waals surface area contributed by atoms with Gasteiger partial charge in [0.05, 0.1) is 30.1 Å². The van der Waals surface area contributed by atoms with Crippen LogP contribution in [0.5, 0.6) is 0 Å². The van der Waals surface area contributed by atoms with Gasteiger partial charge >= 0.3 is 6.03 Å². The van der Waals surface area contributed by atoms with Crippen molar-refractivity contribution in [3.05, 3.63) is 76.4 Å².